The first kappa shape index (κ1) is 13.1. The Bertz CT molecular complexity index is 523. The summed E-state index contributed by atoms with van der Waals surface area (Å²) >= 11 is 0. The van der Waals surface area contributed by atoms with Crippen molar-refractivity contribution in [2.75, 3.05) is 26.2 Å². The van der Waals surface area contributed by atoms with Gasteiger partial charge in [-0.05, 0) is 24.3 Å². The second-order valence-electron chi connectivity index (χ2n) is 4.49. The van der Waals surface area contributed by atoms with Crippen LogP contribution in [0.25, 0.3) is 0 Å². The van der Waals surface area contributed by atoms with Crippen molar-refractivity contribution >= 4 is 11.8 Å². The van der Waals surface area contributed by atoms with E-state index in [2.05, 4.69) is 0 Å². The first-order valence-corrected chi connectivity index (χ1v) is 6.17. The lowest BCUT2D eigenvalue weighted by Crippen LogP contribution is -2.50. The Labute approximate surface area is 112 Å². The fourth-order valence-electron chi connectivity index (χ4n) is 2.09. The van der Waals surface area contributed by atoms with Gasteiger partial charge >= 0.3 is 0 Å². The Kier molecular flexibility index (Phi) is 3.81. The molecule has 0 unspecified atom stereocenters. The molecule has 0 atom stereocenters. The Balaban J connectivity index is 2.01. The average molecular weight is 257 g/mol. The highest BCUT2D eigenvalue weighted by Crippen LogP contribution is 2.10. The second-order valence-corrected chi connectivity index (χ2v) is 4.49. The summed E-state index contributed by atoms with van der Waals surface area (Å²) in [4.78, 5) is 26.9. The number of piperazine rings is 1. The molecule has 0 aliphatic carbocycles. The van der Waals surface area contributed by atoms with Crippen LogP contribution in [0.3, 0.4) is 0 Å². The molecular weight excluding hydrogens is 242 g/mol. The Morgan fingerprint density at radius 3 is 2.05 bits per heavy atom. The Hall–Kier alpha value is -2.35. The number of nitrogens with zero attached hydrogens (tertiary/aromatic N) is 3. The van der Waals surface area contributed by atoms with Crippen molar-refractivity contribution in [3.05, 3.63) is 35.4 Å². The molecule has 0 aromatic heterocycles. The summed E-state index contributed by atoms with van der Waals surface area (Å²) in [5, 5.41) is 8.71. The zero-order valence-corrected chi connectivity index (χ0v) is 10.8. The van der Waals surface area contributed by atoms with Crippen molar-refractivity contribution in [1.82, 2.24) is 9.80 Å². The van der Waals surface area contributed by atoms with Gasteiger partial charge in [0.25, 0.3) is 5.91 Å². The van der Waals surface area contributed by atoms with E-state index in [4.69, 9.17) is 5.26 Å². The summed E-state index contributed by atoms with van der Waals surface area (Å²) in [6, 6.07) is 8.63. The minimum atomic E-state index is -0.0484. The van der Waals surface area contributed by atoms with Crippen molar-refractivity contribution in [3.8, 4) is 6.07 Å². The molecular formula is C14H15N3O2. The number of amides is 2. The Morgan fingerprint density at radius 2 is 1.58 bits per heavy atom. The normalized spacial score (nSPS) is 14.9. The molecule has 1 saturated heterocycles. The molecule has 0 bridgehead atoms. The molecule has 1 heterocycles. The van der Waals surface area contributed by atoms with E-state index < -0.39 is 0 Å². The molecule has 5 nitrogen and oxygen atoms in total. The topological polar surface area (TPSA) is 64.4 Å². The van der Waals surface area contributed by atoms with Crippen LogP contribution in [0, 0.1) is 11.3 Å². The van der Waals surface area contributed by atoms with Crippen LogP contribution >= 0.6 is 0 Å². The molecule has 1 fully saturated rings. The molecule has 5 heteroatoms. The molecule has 0 radical (unpaired) electrons. The van der Waals surface area contributed by atoms with E-state index in [9.17, 15) is 9.59 Å². The SMILES string of the molecule is CC(=O)N1CCN(C(=O)c2ccc(C#N)cc2)CC1. The molecule has 2 amide bonds. The summed E-state index contributed by atoms with van der Waals surface area (Å²) in [5.74, 6) is -0.00170. The van der Waals surface area contributed by atoms with E-state index in [0.29, 0.717) is 37.3 Å². The van der Waals surface area contributed by atoms with Gasteiger partial charge < -0.3 is 9.80 Å². The van der Waals surface area contributed by atoms with Gasteiger partial charge in [0.1, 0.15) is 0 Å². The third-order valence-electron chi connectivity index (χ3n) is 3.27. The number of benzene rings is 1. The van der Waals surface area contributed by atoms with E-state index in [1.807, 2.05) is 6.07 Å². The van der Waals surface area contributed by atoms with Crippen molar-refractivity contribution in [2.24, 2.45) is 0 Å². The highest BCUT2D eigenvalue weighted by Gasteiger charge is 2.22. The van der Waals surface area contributed by atoms with Crippen LogP contribution in [0.2, 0.25) is 0 Å². The van der Waals surface area contributed by atoms with Gasteiger partial charge in [-0.1, -0.05) is 0 Å². The van der Waals surface area contributed by atoms with Gasteiger partial charge in [-0.15, -0.1) is 0 Å². The van der Waals surface area contributed by atoms with Crippen molar-refractivity contribution in [3.63, 3.8) is 0 Å². The monoisotopic (exact) mass is 257 g/mol. The van der Waals surface area contributed by atoms with Crippen LogP contribution in [0.15, 0.2) is 24.3 Å². The summed E-state index contributed by atoms with van der Waals surface area (Å²) in [6.07, 6.45) is 0. The van der Waals surface area contributed by atoms with Crippen LogP contribution in [-0.4, -0.2) is 47.8 Å². The number of rotatable bonds is 1. The third kappa shape index (κ3) is 2.91. The van der Waals surface area contributed by atoms with Gasteiger partial charge in [-0.3, -0.25) is 9.59 Å². The Morgan fingerprint density at radius 1 is 1.05 bits per heavy atom. The van der Waals surface area contributed by atoms with Crippen LogP contribution in [-0.2, 0) is 4.79 Å². The van der Waals surface area contributed by atoms with Gasteiger partial charge in [-0.25, -0.2) is 0 Å². The zero-order chi connectivity index (χ0) is 13.8. The van der Waals surface area contributed by atoms with Gasteiger partial charge in [0, 0.05) is 38.7 Å². The van der Waals surface area contributed by atoms with E-state index in [1.54, 1.807) is 34.1 Å². The minimum absolute atomic E-state index is 0.0467. The van der Waals surface area contributed by atoms with Gasteiger partial charge in [0.15, 0.2) is 0 Å². The predicted molar refractivity (Wildman–Crippen MR) is 69.3 cm³/mol. The van der Waals surface area contributed by atoms with E-state index in [1.165, 1.54) is 6.92 Å². The number of hydrogen-bond donors (Lipinski definition) is 0. The molecule has 98 valence electrons. The molecule has 2 rings (SSSR count). The standard InChI is InChI=1S/C14H15N3O2/c1-11(18)16-6-8-17(9-7-16)14(19)13-4-2-12(10-15)3-5-13/h2-5H,6-9H2,1H3. The van der Waals surface area contributed by atoms with Crippen molar-refractivity contribution in [2.45, 2.75) is 6.92 Å². The predicted octanol–water partition coefficient (Wildman–Crippen LogP) is 0.863. The maximum absolute atomic E-state index is 12.2. The van der Waals surface area contributed by atoms with Crippen LogP contribution in [0.5, 0.6) is 0 Å². The number of carbonyl (C=O) groups excluding carboxylic acids is 2. The first-order valence-electron chi connectivity index (χ1n) is 6.17. The van der Waals surface area contributed by atoms with Gasteiger partial charge in [0.05, 0.1) is 11.6 Å². The molecule has 1 aliphatic heterocycles. The summed E-state index contributed by atoms with van der Waals surface area (Å²) in [6.45, 7) is 3.81. The fourth-order valence-corrected chi connectivity index (χ4v) is 2.09. The smallest absolute Gasteiger partial charge is 0.253 e. The largest absolute Gasteiger partial charge is 0.339 e. The van der Waals surface area contributed by atoms with Crippen molar-refractivity contribution < 1.29 is 9.59 Å². The van der Waals surface area contributed by atoms with Crippen LogP contribution in [0.1, 0.15) is 22.8 Å². The lowest BCUT2D eigenvalue weighted by atomic mass is 10.1. The van der Waals surface area contributed by atoms with Crippen LogP contribution in [0.4, 0.5) is 0 Å². The zero-order valence-electron chi connectivity index (χ0n) is 10.8. The molecule has 1 aliphatic rings. The fraction of sp³-hybridized carbons (Fsp3) is 0.357. The lowest BCUT2D eigenvalue weighted by Gasteiger charge is -2.34. The average Bonchev–Trinajstić information content (AvgIpc) is 2.46. The highest BCUT2D eigenvalue weighted by molar-refractivity contribution is 5.94. The quantitative estimate of drug-likeness (QED) is 0.749. The number of carbonyl (C=O) groups is 2. The van der Waals surface area contributed by atoms with Gasteiger partial charge in [0.2, 0.25) is 5.91 Å². The van der Waals surface area contributed by atoms with Crippen molar-refractivity contribution in [1.29, 1.82) is 5.26 Å². The summed E-state index contributed by atoms with van der Waals surface area (Å²) in [7, 11) is 0. The third-order valence-corrected chi connectivity index (χ3v) is 3.27. The molecule has 1 aromatic carbocycles. The second kappa shape index (κ2) is 5.53. The molecule has 0 spiro atoms. The molecule has 1 aromatic rings. The first-order chi connectivity index (χ1) is 9.11. The highest BCUT2D eigenvalue weighted by atomic mass is 16.2. The maximum atomic E-state index is 12.2. The number of nitriles is 1. The van der Waals surface area contributed by atoms with E-state index >= 15 is 0 Å². The summed E-state index contributed by atoms with van der Waals surface area (Å²) < 4.78 is 0. The van der Waals surface area contributed by atoms with Gasteiger partial charge in [-0.2, -0.15) is 5.26 Å². The molecule has 0 saturated carbocycles. The van der Waals surface area contributed by atoms with E-state index in [-0.39, 0.29) is 11.8 Å². The van der Waals surface area contributed by atoms with E-state index in [0.717, 1.165) is 0 Å². The minimum Gasteiger partial charge on any atom is -0.339 e. The molecule has 19 heavy (non-hydrogen) atoms. The lowest BCUT2D eigenvalue weighted by molar-refractivity contribution is -0.130. The number of hydrogen-bond acceptors (Lipinski definition) is 3. The van der Waals surface area contributed by atoms with Crippen LogP contribution < -0.4 is 0 Å². The summed E-state index contributed by atoms with van der Waals surface area (Å²) in [5.41, 5.74) is 1.12. The maximum Gasteiger partial charge on any atom is 0.253 e. The molecule has 0 N–H and O–H groups in total.